The quantitative estimate of drug-likeness (QED) is 0.697. The van der Waals surface area contributed by atoms with Crippen molar-refractivity contribution < 1.29 is 0 Å². The van der Waals surface area contributed by atoms with E-state index in [0.717, 1.165) is 23.4 Å². The lowest BCUT2D eigenvalue weighted by Gasteiger charge is -2.28. The Morgan fingerprint density at radius 3 is 2.81 bits per heavy atom. The van der Waals surface area contributed by atoms with E-state index in [4.69, 9.17) is 23.2 Å². The van der Waals surface area contributed by atoms with Crippen molar-refractivity contribution in [3.05, 3.63) is 79.9 Å². The van der Waals surface area contributed by atoms with E-state index in [1.54, 1.807) is 0 Å². The monoisotopic (exact) mass is 386 g/mol. The number of nitrogens with one attached hydrogen (secondary N) is 1. The van der Waals surface area contributed by atoms with E-state index in [1.807, 2.05) is 36.4 Å². The fraction of sp³-hybridized carbons (Fsp3) is 0.211. The van der Waals surface area contributed by atoms with Gasteiger partial charge in [0.05, 0.1) is 16.3 Å². The van der Waals surface area contributed by atoms with E-state index in [1.165, 1.54) is 6.20 Å². The van der Waals surface area contributed by atoms with Gasteiger partial charge in [0, 0.05) is 43.4 Å². The SMILES string of the molecule is O=c1[nH]c(-c2ccccc2)nc2c1CN(Cc1cc(Cl)cnc1Cl)CC2. The van der Waals surface area contributed by atoms with Crippen molar-refractivity contribution in [2.24, 2.45) is 0 Å². The van der Waals surface area contributed by atoms with E-state index in [9.17, 15) is 4.79 Å². The Balaban J connectivity index is 1.59. The first kappa shape index (κ1) is 17.2. The second kappa shape index (κ2) is 7.19. The maximum Gasteiger partial charge on any atom is 0.255 e. The summed E-state index contributed by atoms with van der Waals surface area (Å²) in [5.41, 5.74) is 3.25. The maximum atomic E-state index is 12.6. The lowest BCUT2D eigenvalue weighted by molar-refractivity contribution is 0.241. The van der Waals surface area contributed by atoms with Gasteiger partial charge in [0.15, 0.2) is 0 Å². The fourth-order valence-electron chi connectivity index (χ4n) is 3.16. The van der Waals surface area contributed by atoms with Crippen LogP contribution in [0.4, 0.5) is 0 Å². The summed E-state index contributed by atoms with van der Waals surface area (Å²) in [5, 5.41) is 0.987. The van der Waals surface area contributed by atoms with Gasteiger partial charge in [-0.1, -0.05) is 53.5 Å². The number of aromatic amines is 1. The summed E-state index contributed by atoms with van der Waals surface area (Å²) in [4.78, 5) is 26.4. The third kappa shape index (κ3) is 3.51. The molecule has 5 nitrogen and oxygen atoms in total. The molecular weight excluding hydrogens is 371 g/mol. The molecule has 2 aromatic heterocycles. The lowest BCUT2D eigenvalue weighted by atomic mass is 10.1. The molecule has 0 spiro atoms. The van der Waals surface area contributed by atoms with Gasteiger partial charge >= 0.3 is 0 Å². The van der Waals surface area contributed by atoms with Crippen LogP contribution in [-0.2, 0) is 19.5 Å². The summed E-state index contributed by atoms with van der Waals surface area (Å²) in [6, 6.07) is 11.5. The molecule has 1 aromatic carbocycles. The van der Waals surface area contributed by atoms with Crippen LogP contribution in [-0.4, -0.2) is 26.4 Å². The predicted octanol–water partition coefficient (Wildman–Crippen LogP) is 3.70. The van der Waals surface area contributed by atoms with E-state index in [0.29, 0.717) is 41.1 Å². The number of halogens is 2. The van der Waals surface area contributed by atoms with Gasteiger partial charge in [0.25, 0.3) is 5.56 Å². The highest BCUT2D eigenvalue weighted by atomic mass is 35.5. The van der Waals surface area contributed by atoms with Gasteiger partial charge in [-0.05, 0) is 6.07 Å². The highest BCUT2D eigenvalue weighted by Crippen LogP contribution is 2.23. The number of aromatic nitrogens is 3. The Bertz CT molecular complexity index is 1000. The average molecular weight is 387 g/mol. The van der Waals surface area contributed by atoms with Crippen molar-refractivity contribution in [2.75, 3.05) is 6.54 Å². The molecule has 0 radical (unpaired) electrons. The van der Waals surface area contributed by atoms with Gasteiger partial charge in [-0.15, -0.1) is 0 Å². The summed E-state index contributed by atoms with van der Waals surface area (Å²) in [7, 11) is 0. The highest BCUT2D eigenvalue weighted by Gasteiger charge is 2.22. The van der Waals surface area contributed by atoms with E-state index in [2.05, 4.69) is 19.9 Å². The van der Waals surface area contributed by atoms with Crippen molar-refractivity contribution >= 4 is 23.2 Å². The van der Waals surface area contributed by atoms with Crippen LogP contribution in [0, 0.1) is 0 Å². The van der Waals surface area contributed by atoms with Crippen molar-refractivity contribution in [3.8, 4) is 11.4 Å². The molecule has 0 fully saturated rings. The van der Waals surface area contributed by atoms with Crippen molar-refractivity contribution in [1.29, 1.82) is 0 Å². The van der Waals surface area contributed by atoms with Crippen molar-refractivity contribution in [1.82, 2.24) is 19.9 Å². The van der Waals surface area contributed by atoms with Crippen LogP contribution in [0.3, 0.4) is 0 Å². The number of pyridine rings is 1. The van der Waals surface area contributed by atoms with Crippen LogP contribution in [0.25, 0.3) is 11.4 Å². The zero-order valence-corrected chi connectivity index (χ0v) is 15.4. The van der Waals surface area contributed by atoms with Crippen LogP contribution in [0.2, 0.25) is 10.2 Å². The van der Waals surface area contributed by atoms with Crippen LogP contribution in [0.5, 0.6) is 0 Å². The van der Waals surface area contributed by atoms with Crippen molar-refractivity contribution in [2.45, 2.75) is 19.5 Å². The van der Waals surface area contributed by atoms with Crippen LogP contribution < -0.4 is 5.56 Å². The van der Waals surface area contributed by atoms with Gasteiger partial charge in [-0.3, -0.25) is 9.69 Å². The third-order valence-electron chi connectivity index (χ3n) is 4.47. The third-order valence-corrected chi connectivity index (χ3v) is 5.01. The Kier molecular flexibility index (Phi) is 4.76. The number of nitrogens with zero attached hydrogens (tertiary/aromatic N) is 3. The second-order valence-corrected chi connectivity index (χ2v) is 7.06. The molecule has 0 aliphatic carbocycles. The number of benzene rings is 1. The zero-order chi connectivity index (χ0) is 18.1. The normalized spacial score (nSPS) is 14.2. The largest absolute Gasteiger partial charge is 0.306 e. The molecule has 4 rings (SSSR count). The maximum absolute atomic E-state index is 12.6. The average Bonchev–Trinajstić information content (AvgIpc) is 2.66. The fourth-order valence-corrected chi connectivity index (χ4v) is 3.51. The van der Waals surface area contributed by atoms with Gasteiger partial charge < -0.3 is 4.98 Å². The molecular formula is C19H16Cl2N4O. The first-order chi connectivity index (χ1) is 12.6. The first-order valence-corrected chi connectivity index (χ1v) is 9.05. The molecule has 0 bridgehead atoms. The smallest absolute Gasteiger partial charge is 0.255 e. The van der Waals surface area contributed by atoms with Gasteiger partial charge in [-0.25, -0.2) is 9.97 Å². The van der Waals surface area contributed by atoms with E-state index >= 15 is 0 Å². The minimum Gasteiger partial charge on any atom is -0.306 e. The molecule has 1 N–H and O–H groups in total. The summed E-state index contributed by atoms with van der Waals surface area (Å²) in [5.74, 6) is 0.616. The molecule has 1 aliphatic heterocycles. The summed E-state index contributed by atoms with van der Waals surface area (Å²) < 4.78 is 0. The minimum absolute atomic E-state index is 0.0890. The zero-order valence-electron chi connectivity index (χ0n) is 13.9. The topological polar surface area (TPSA) is 61.9 Å². The second-order valence-electron chi connectivity index (χ2n) is 6.27. The van der Waals surface area contributed by atoms with E-state index in [-0.39, 0.29) is 5.56 Å². The summed E-state index contributed by atoms with van der Waals surface area (Å²) in [6.45, 7) is 1.90. The molecule has 7 heteroatoms. The van der Waals surface area contributed by atoms with Crippen LogP contribution in [0.15, 0.2) is 47.4 Å². The number of H-pyrrole nitrogens is 1. The number of hydrogen-bond acceptors (Lipinski definition) is 4. The molecule has 0 saturated heterocycles. The Labute approximate surface area is 160 Å². The minimum atomic E-state index is -0.0890. The molecule has 0 saturated carbocycles. The summed E-state index contributed by atoms with van der Waals surface area (Å²) >= 11 is 12.2. The molecule has 3 heterocycles. The number of rotatable bonds is 3. The summed E-state index contributed by atoms with van der Waals surface area (Å²) in [6.07, 6.45) is 2.24. The number of hydrogen-bond donors (Lipinski definition) is 1. The molecule has 0 unspecified atom stereocenters. The highest BCUT2D eigenvalue weighted by molar-refractivity contribution is 6.32. The Hall–Kier alpha value is -2.21. The van der Waals surface area contributed by atoms with Crippen LogP contribution in [0.1, 0.15) is 16.8 Å². The molecule has 3 aromatic rings. The first-order valence-electron chi connectivity index (χ1n) is 8.30. The van der Waals surface area contributed by atoms with Gasteiger partial charge in [0.1, 0.15) is 11.0 Å². The Morgan fingerprint density at radius 2 is 2.00 bits per heavy atom. The standard InChI is InChI=1S/C19H16Cl2N4O/c20-14-8-13(17(21)22-9-14)10-25-7-6-16-15(11-25)19(26)24-18(23-16)12-4-2-1-3-5-12/h1-5,8-9H,6-7,10-11H2,(H,23,24,26). The van der Waals surface area contributed by atoms with E-state index < -0.39 is 0 Å². The van der Waals surface area contributed by atoms with Gasteiger partial charge in [-0.2, -0.15) is 0 Å². The molecule has 132 valence electrons. The van der Waals surface area contributed by atoms with Crippen LogP contribution >= 0.6 is 23.2 Å². The molecule has 0 amide bonds. The molecule has 1 aliphatic rings. The molecule has 0 atom stereocenters. The lowest BCUT2D eigenvalue weighted by Crippen LogP contribution is -2.35. The van der Waals surface area contributed by atoms with Crippen molar-refractivity contribution in [3.63, 3.8) is 0 Å². The predicted molar refractivity (Wildman–Crippen MR) is 102 cm³/mol. The Morgan fingerprint density at radius 1 is 1.19 bits per heavy atom. The number of fused-ring (bicyclic) bond motifs is 1. The van der Waals surface area contributed by atoms with Gasteiger partial charge in [0.2, 0.25) is 0 Å². The molecule has 26 heavy (non-hydrogen) atoms.